The van der Waals surface area contributed by atoms with E-state index < -0.39 is 23.9 Å². The molecule has 0 aliphatic carbocycles. The summed E-state index contributed by atoms with van der Waals surface area (Å²) >= 11 is 0. The molecule has 15 heteroatoms. The summed E-state index contributed by atoms with van der Waals surface area (Å²) in [5.41, 5.74) is 0.939. The average Bonchev–Trinajstić information content (AvgIpc) is 3.44. The quantitative estimate of drug-likeness (QED) is 0.0163. The zero-order valence-electron chi connectivity index (χ0n) is 42.8. The van der Waals surface area contributed by atoms with Gasteiger partial charge in [-0.2, -0.15) is 5.26 Å². The first-order valence-corrected chi connectivity index (χ1v) is 25.7. The normalized spacial score (nSPS) is 10.5. The van der Waals surface area contributed by atoms with Gasteiger partial charge < -0.3 is 37.9 Å². The minimum absolute atomic E-state index is 0.0840. The fourth-order valence-electron chi connectivity index (χ4n) is 7.46. The number of carbonyl (C=O) groups excluding carboxylic acids is 6. The van der Waals surface area contributed by atoms with Crippen molar-refractivity contribution in [2.45, 2.75) is 103 Å². The standard InChI is InChI=1S/C61H65NO14/c1-3-56(63)71-41-19-15-11-7-5-9-13-17-39-69-50-30-22-46(23-31-50)58(65)73-52-34-26-48(27-35-52)60(67)75-54-38-21-45(44-62)43-55(54)76-61(68)49-28-36-53(37-29-49)74-59(66)47-24-32-51(33-25-47)70-40-18-14-10-6-8-12-16-20-42-72-57(64)4-2/h3-4,21-38,43H,1-2,5-20,39-42H2. The molecule has 0 fully saturated rings. The number of esters is 6. The van der Waals surface area contributed by atoms with Crippen LogP contribution in [0.25, 0.3) is 0 Å². The van der Waals surface area contributed by atoms with Crippen LogP contribution in [0, 0.1) is 11.3 Å². The molecular formula is C61H65NO14. The van der Waals surface area contributed by atoms with Gasteiger partial charge in [-0.3, -0.25) is 0 Å². The number of hydrogen-bond acceptors (Lipinski definition) is 15. The van der Waals surface area contributed by atoms with Crippen LogP contribution in [-0.2, 0) is 19.1 Å². The Morgan fingerprint density at radius 2 is 0.671 bits per heavy atom. The summed E-state index contributed by atoms with van der Waals surface area (Å²) < 4.78 is 43.9. The summed E-state index contributed by atoms with van der Waals surface area (Å²) in [7, 11) is 0. The van der Waals surface area contributed by atoms with Gasteiger partial charge in [0.1, 0.15) is 23.0 Å². The molecule has 0 saturated carbocycles. The lowest BCUT2D eigenvalue weighted by atomic mass is 10.1. The minimum atomic E-state index is -0.833. The van der Waals surface area contributed by atoms with Gasteiger partial charge in [0.15, 0.2) is 11.5 Å². The zero-order valence-corrected chi connectivity index (χ0v) is 42.8. The van der Waals surface area contributed by atoms with E-state index in [0.717, 1.165) is 103 Å². The molecule has 0 radical (unpaired) electrons. The van der Waals surface area contributed by atoms with Gasteiger partial charge in [0.2, 0.25) is 0 Å². The van der Waals surface area contributed by atoms with E-state index in [1.165, 1.54) is 78.9 Å². The van der Waals surface area contributed by atoms with E-state index in [9.17, 15) is 34.0 Å². The Kier molecular flexibility index (Phi) is 25.6. The number of unbranched alkanes of at least 4 members (excludes halogenated alkanes) is 14. The Labute approximate surface area is 444 Å². The van der Waals surface area contributed by atoms with Crippen molar-refractivity contribution < 1.29 is 66.7 Å². The van der Waals surface area contributed by atoms with E-state index in [-0.39, 0.29) is 51.6 Å². The molecule has 0 aromatic heterocycles. The second-order valence-electron chi connectivity index (χ2n) is 17.5. The van der Waals surface area contributed by atoms with Gasteiger partial charge in [-0.15, -0.1) is 0 Å². The van der Waals surface area contributed by atoms with Crippen molar-refractivity contribution in [3.8, 4) is 40.6 Å². The van der Waals surface area contributed by atoms with Crippen LogP contribution in [0.2, 0.25) is 0 Å². The predicted octanol–water partition coefficient (Wildman–Crippen LogP) is 12.9. The smallest absolute Gasteiger partial charge is 0.343 e. The van der Waals surface area contributed by atoms with Crippen molar-refractivity contribution in [3.63, 3.8) is 0 Å². The van der Waals surface area contributed by atoms with Crippen LogP contribution in [0.1, 0.15) is 150 Å². The van der Waals surface area contributed by atoms with Crippen LogP contribution in [0.5, 0.6) is 34.5 Å². The molecule has 0 spiro atoms. The first-order chi connectivity index (χ1) is 37.0. The average molecular weight is 1040 g/mol. The van der Waals surface area contributed by atoms with Gasteiger partial charge in [0, 0.05) is 18.2 Å². The van der Waals surface area contributed by atoms with Crippen molar-refractivity contribution in [2.24, 2.45) is 0 Å². The lowest BCUT2D eigenvalue weighted by molar-refractivity contribution is -0.138. The van der Waals surface area contributed by atoms with Crippen LogP contribution < -0.4 is 28.4 Å². The van der Waals surface area contributed by atoms with Gasteiger partial charge >= 0.3 is 35.8 Å². The molecule has 0 aliphatic rings. The van der Waals surface area contributed by atoms with Crippen LogP contribution in [0.4, 0.5) is 0 Å². The van der Waals surface area contributed by atoms with Crippen molar-refractivity contribution in [1.82, 2.24) is 0 Å². The second-order valence-corrected chi connectivity index (χ2v) is 17.5. The minimum Gasteiger partial charge on any atom is -0.494 e. The molecule has 0 bridgehead atoms. The maximum atomic E-state index is 13.3. The van der Waals surface area contributed by atoms with Crippen molar-refractivity contribution in [2.75, 3.05) is 26.4 Å². The summed E-state index contributed by atoms with van der Waals surface area (Å²) in [6.45, 7) is 8.75. The van der Waals surface area contributed by atoms with E-state index in [2.05, 4.69) is 13.2 Å². The lowest BCUT2D eigenvalue weighted by Crippen LogP contribution is -2.13. The fraction of sp³-hybridized carbons (Fsp3) is 0.328. The Bertz CT molecular complexity index is 2710. The molecule has 15 nitrogen and oxygen atoms in total. The zero-order chi connectivity index (χ0) is 54.2. The number of hydrogen-bond donors (Lipinski definition) is 0. The third kappa shape index (κ3) is 21.5. The Hall–Kier alpha value is -8.51. The maximum absolute atomic E-state index is 13.3. The van der Waals surface area contributed by atoms with E-state index in [4.69, 9.17) is 37.9 Å². The predicted molar refractivity (Wildman–Crippen MR) is 284 cm³/mol. The molecule has 5 aromatic carbocycles. The molecular weight excluding hydrogens is 971 g/mol. The molecule has 0 unspecified atom stereocenters. The van der Waals surface area contributed by atoms with Crippen LogP contribution in [-0.4, -0.2) is 62.2 Å². The Morgan fingerprint density at radius 1 is 0.368 bits per heavy atom. The van der Waals surface area contributed by atoms with Gasteiger partial charge in [0.25, 0.3) is 0 Å². The van der Waals surface area contributed by atoms with Crippen LogP contribution in [0.3, 0.4) is 0 Å². The Balaban J connectivity index is 0.993. The molecule has 0 atom stereocenters. The van der Waals surface area contributed by atoms with Gasteiger partial charge in [-0.05, 0) is 135 Å². The van der Waals surface area contributed by atoms with E-state index in [1.807, 2.05) is 6.07 Å². The first-order valence-electron chi connectivity index (χ1n) is 25.7. The number of ether oxygens (including phenoxy) is 8. The third-order valence-corrected chi connectivity index (χ3v) is 11.7. The van der Waals surface area contributed by atoms with Gasteiger partial charge in [0.05, 0.1) is 60.3 Å². The molecule has 398 valence electrons. The summed E-state index contributed by atoms with van der Waals surface area (Å²) in [6.07, 6.45) is 19.0. The van der Waals surface area contributed by atoms with Crippen molar-refractivity contribution in [1.29, 1.82) is 5.26 Å². The van der Waals surface area contributed by atoms with Gasteiger partial charge in [-0.1, -0.05) is 90.2 Å². The van der Waals surface area contributed by atoms with Gasteiger partial charge in [-0.25, -0.2) is 28.8 Å². The van der Waals surface area contributed by atoms with E-state index >= 15 is 0 Å². The first kappa shape index (κ1) is 58.4. The highest BCUT2D eigenvalue weighted by Crippen LogP contribution is 2.31. The highest BCUT2D eigenvalue weighted by molar-refractivity contribution is 5.95. The largest absolute Gasteiger partial charge is 0.494 e. The van der Waals surface area contributed by atoms with Crippen LogP contribution >= 0.6 is 0 Å². The summed E-state index contributed by atoms with van der Waals surface area (Å²) in [5.74, 6) is -2.30. The monoisotopic (exact) mass is 1040 g/mol. The molecule has 0 amide bonds. The Morgan fingerprint density at radius 3 is 1.01 bits per heavy atom. The fourth-order valence-corrected chi connectivity index (χ4v) is 7.46. The summed E-state index contributed by atoms with van der Waals surface area (Å²) in [4.78, 5) is 74.4. The highest BCUT2D eigenvalue weighted by Gasteiger charge is 2.19. The molecule has 0 aliphatic heterocycles. The number of carbonyl (C=O) groups is 6. The van der Waals surface area contributed by atoms with Crippen LogP contribution in [0.15, 0.2) is 141 Å². The molecule has 5 aromatic rings. The number of rotatable bonds is 34. The van der Waals surface area contributed by atoms with Crippen molar-refractivity contribution >= 4 is 35.8 Å². The lowest BCUT2D eigenvalue weighted by Gasteiger charge is -2.12. The molecule has 0 N–H and O–H groups in total. The molecule has 0 heterocycles. The summed E-state index contributed by atoms with van der Waals surface area (Å²) in [5, 5.41) is 9.54. The highest BCUT2D eigenvalue weighted by atomic mass is 16.6. The summed E-state index contributed by atoms with van der Waals surface area (Å²) in [6, 6.07) is 30.6. The van der Waals surface area contributed by atoms with E-state index in [0.29, 0.717) is 49.1 Å². The molecule has 76 heavy (non-hydrogen) atoms. The van der Waals surface area contributed by atoms with Crippen molar-refractivity contribution in [3.05, 3.63) is 168 Å². The second kappa shape index (κ2) is 33.3. The maximum Gasteiger partial charge on any atom is 0.343 e. The molecule has 0 saturated heterocycles. The number of benzene rings is 5. The van der Waals surface area contributed by atoms with E-state index in [1.54, 1.807) is 48.5 Å². The molecule has 5 rings (SSSR count). The topological polar surface area (TPSA) is 200 Å². The number of nitriles is 1. The third-order valence-electron chi connectivity index (χ3n) is 11.7. The SMILES string of the molecule is C=CC(=O)OCCCCCCCCCCOc1ccc(C(=O)Oc2ccc(C(=O)Oc3ccc(C#N)cc3OC(=O)c3ccc(OC(=O)c4ccc(OCCCCCCCCCCOC(=O)C=C)cc4)cc3)cc2)cc1. The number of nitrogens with zero attached hydrogens (tertiary/aromatic N) is 1.